The number of fused-ring (bicyclic) bond motifs is 3. The molecule has 1 aromatic heterocycles. The number of aliphatic imine (C=N–C) groups is 1. The summed E-state index contributed by atoms with van der Waals surface area (Å²) in [4.78, 5) is 16.1. The van der Waals surface area contributed by atoms with E-state index in [9.17, 15) is 0 Å². The second-order valence-electron chi connectivity index (χ2n) is 5.20. The number of hydrogen-bond donors (Lipinski definition) is 0. The molecule has 0 unspecified atom stereocenters. The van der Waals surface area contributed by atoms with Crippen molar-refractivity contribution < 1.29 is 4.74 Å². The summed E-state index contributed by atoms with van der Waals surface area (Å²) >= 11 is 1.53. The Morgan fingerprint density at radius 3 is 2.82 bits per heavy atom. The predicted octanol–water partition coefficient (Wildman–Crippen LogP) is 1.50. The molecule has 4 rings (SSSR count). The summed E-state index contributed by atoms with van der Waals surface area (Å²) in [6, 6.07) is 0. The summed E-state index contributed by atoms with van der Waals surface area (Å²) in [5, 5.41) is 11.2. The van der Waals surface area contributed by atoms with Crippen LogP contribution in [0.25, 0.3) is 0 Å². The molecule has 1 aromatic rings. The van der Waals surface area contributed by atoms with Gasteiger partial charge in [-0.05, 0) is 12.7 Å². The number of nitrogens with zero attached hydrogens (tertiary/aromatic N) is 7. The van der Waals surface area contributed by atoms with Crippen molar-refractivity contribution in [3.05, 3.63) is 5.69 Å². The maximum absolute atomic E-state index is 5.43. The van der Waals surface area contributed by atoms with Crippen LogP contribution in [0.15, 0.2) is 20.5 Å². The molecule has 22 heavy (non-hydrogen) atoms. The Morgan fingerprint density at radius 1 is 1.14 bits per heavy atom. The topological polar surface area (TPSA) is 78.6 Å². The molecule has 3 aliphatic rings. The standard InChI is InChI=1S/C13H17N7OS/c1-22-13-15-9-10(12(16-13)19-5-7-21-8-6-19)17-18-20-4-2-3-14-11(9)20/h2-8H2,1H3. The van der Waals surface area contributed by atoms with E-state index in [0.717, 1.165) is 60.8 Å². The molecule has 0 spiro atoms. The van der Waals surface area contributed by atoms with E-state index in [1.54, 1.807) is 0 Å². The molecule has 8 nitrogen and oxygen atoms in total. The molecule has 116 valence electrons. The molecule has 0 amide bonds. The third-order valence-corrected chi connectivity index (χ3v) is 4.38. The van der Waals surface area contributed by atoms with E-state index < -0.39 is 0 Å². The quantitative estimate of drug-likeness (QED) is 0.607. The van der Waals surface area contributed by atoms with Crippen molar-refractivity contribution >= 4 is 29.1 Å². The Kier molecular flexibility index (Phi) is 3.67. The first kappa shape index (κ1) is 13.9. The Labute approximate surface area is 132 Å². The van der Waals surface area contributed by atoms with Gasteiger partial charge in [-0.15, -0.1) is 5.11 Å². The molecule has 3 aliphatic heterocycles. The van der Waals surface area contributed by atoms with Gasteiger partial charge in [0.25, 0.3) is 0 Å². The zero-order valence-electron chi connectivity index (χ0n) is 12.4. The van der Waals surface area contributed by atoms with Gasteiger partial charge in [0.2, 0.25) is 0 Å². The van der Waals surface area contributed by atoms with Crippen LogP contribution in [0.1, 0.15) is 12.1 Å². The van der Waals surface area contributed by atoms with Crippen LogP contribution in [0.2, 0.25) is 0 Å². The van der Waals surface area contributed by atoms with Crippen LogP contribution in [0.3, 0.4) is 0 Å². The maximum Gasteiger partial charge on any atom is 0.190 e. The minimum Gasteiger partial charge on any atom is -0.378 e. The molecule has 0 saturated carbocycles. The molecule has 0 atom stereocenters. The lowest BCUT2D eigenvalue weighted by Crippen LogP contribution is -2.38. The number of aromatic nitrogens is 2. The highest BCUT2D eigenvalue weighted by atomic mass is 32.2. The van der Waals surface area contributed by atoms with Crippen LogP contribution in [0, 0.1) is 0 Å². The SMILES string of the molecule is CSc1nc2c(c(N3CCOCC3)n1)N=NN1CCCN=C21. The highest BCUT2D eigenvalue weighted by Gasteiger charge is 2.30. The second-order valence-corrected chi connectivity index (χ2v) is 5.98. The Hall–Kier alpha value is -1.74. The lowest BCUT2D eigenvalue weighted by molar-refractivity contribution is 0.122. The van der Waals surface area contributed by atoms with Crippen molar-refractivity contribution in [1.82, 2.24) is 15.0 Å². The fraction of sp³-hybridized carbons (Fsp3) is 0.615. The average molecular weight is 319 g/mol. The largest absolute Gasteiger partial charge is 0.378 e. The van der Waals surface area contributed by atoms with Crippen molar-refractivity contribution in [2.45, 2.75) is 11.6 Å². The monoisotopic (exact) mass is 319 g/mol. The fourth-order valence-electron chi connectivity index (χ4n) is 2.73. The lowest BCUT2D eigenvalue weighted by Gasteiger charge is -2.31. The smallest absolute Gasteiger partial charge is 0.190 e. The van der Waals surface area contributed by atoms with E-state index in [1.165, 1.54) is 11.8 Å². The van der Waals surface area contributed by atoms with Gasteiger partial charge in [0.1, 0.15) is 5.69 Å². The fourth-order valence-corrected chi connectivity index (χ4v) is 3.09. The van der Waals surface area contributed by atoms with Gasteiger partial charge < -0.3 is 9.64 Å². The van der Waals surface area contributed by atoms with Gasteiger partial charge in [-0.25, -0.2) is 15.0 Å². The van der Waals surface area contributed by atoms with Gasteiger partial charge in [0.05, 0.1) is 13.2 Å². The van der Waals surface area contributed by atoms with E-state index in [1.807, 2.05) is 11.3 Å². The number of thioether (sulfide) groups is 1. The summed E-state index contributed by atoms with van der Waals surface area (Å²) in [5.41, 5.74) is 1.53. The third kappa shape index (κ3) is 2.34. The first-order valence-electron chi connectivity index (χ1n) is 7.39. The van der Waals surface area contributed by atoms with Crippen LogP contribution < -0.4 is 4.90 Å². The Balaban J connectivity index is 1.83. The van der Waals surface area contributed by atoms with Crippen molar-refractivity contribution in [3.63, 3.8) is 0 Å². The maximum atomic E-state index is 5.43. The average Bonchev–Trinajstić information content (AvgIpc) is 2.61. The Morgan fingerprint density at radius 2 is 2.00 bits per heavy atom. The summed E-state index contributed by atoms with van der Waals surface area (Å²) < 4.78 is 5.43. The highest BCUT2D eigenvalue weighted by molar-refractivity contribution is 7.98. The molecule has 4 heterocycles. The van der Waals surface area contributed by atoms with E-state index in [-0.39, 0.29) is 0 Å². The predicted molar refractivity (Wildman–Crippen MR) is 84.1 cm³/mol. The zero-order chi connectivity index (χ0) is 14.9. The molecule has 1 fully saturated rings. The third-order valence-electron chi connectivity index (χ3n) is 3.84. The van der Waals surface area contributed by atoms with Crippen LogP contribution in [-0.4, -0.2) is 66.5 Å². The van der Waals surface area contributed by atoms with Gasteiger partial charge in [-0.1, -0.05) is 17.0 Å². The number of amidine groups is 1. The zero-order valence-corrected chi connectivity index (χ0v) is 13.2. The van der Waals surface area contributed by atoms with Crippen molar-refractivity contribution in [2.24, 2.45) is 15.3 Å². The first-order valence-corrected chi connectivity index (χ1v) is 8.62. The molecular weight excluding hydrogens is 302 g/mol. The van der Waals surface area contributed by atoms with E-state index in [0.29, 0.717) is 13.2 Å². The summed E-state index contributed by atoms with van der Waals surface area (Å²) in [5.74, 6) is 1.66. The normalized spacial score (nSPS) is 20.5. The highest BCUT2D eigenvalue weighted by Crippen LogP contribution is 2.36. The van der Waals surface area contributed by atoms with E-state index in [2.05, 4.69) is 30.2 Å². The van der Waals surface area contributed by atoms with Gasteiger partial charge in [-0.2, -0.15) is 0 Å². The molecule has 0 radical (unpaired) electrons. The van der Waals surface area contributed by atoms with Crippen LogP contribution in [0.4, 0.5) is 11.5 Å². The lowest BCUT2D eigenvalue weighted by atomic mass is 10.2. The van der Waals surface area contributed by atoms with Crippen molar-refractivity contribution in [3.8, 4) is 0 Å². The molecular formula is C13H17N7OS. The summed E-state index contributed by atoms with van der Waals surface area (Å²) in [6.45, 7) is 4.68. The van der Waals surface area contributed by atoms with Gasteiger partial charge >= 0.3 is 0 Å². The first-order chi connectivity index (χ1) is 10.9. The number of anilines is 1. The minimum atomic E-state index is 0.706. The molecule has 1 saturated heterocycles. The Bertz CT molecular complexity index is 642. The summed E-state index contributed by atoms with van der Waals surface area (Å²) in [7, 11) is 0. The number of hydrogen-bond acceptors (Lipinski definition) is 9. The molecule has 0 N–H and O–H groups in total. The van der Waals surface area contributed by atoms with Crippen molar-refractivity contribution in [2.75, 3.05) is 50.5 Å². The van der Waals surface area contributed by atoms with Gasteiger partial charge in [-0.3, -0.25) is 4.99 Å². The summed E-state index contributed by atoms with van der Waals surface area (Å²) in [6.07, 6.45) is 2.98. The molecule has 0 aromatic carbocycles. The van der Waals surface area contributed by atoms with Gasteiger partial charge in [0, 0.05) is 26.2 Å². The molecule has 0 bridgehead atoms. The number of morpholine rings is 1. The molecule has 9 heteroatoms. The van der Waals surface area contributed by atoms with Crippen LogP contribution >= 0.6 is 11.8 Å². The minimum absolute atomic E-state index is 0.706. The molecule has 0 aliphatic carbocycles. The van der Waals surface area contributed by atoms with Gasteiger partial charge in [0.15, 0.2) is 22.5 Å². The number of rotatable bonds is 2. The number of ether oxygens (including phenoxy) is 1. The van der Waals surface area contributed by atoms with Crippen LogP contribution in [-0.2, 0) is 4.74 Å². The second kappa shape index (κ2) is 5.81. The van der Waals surface area contributed by atoms with E-state index >= 15 is 0 Å². The van der Waals surface area contributed by atoms with Crippen LogP contribution in [0.5, 0.6) is 0 Å². The van der Waals surface area contributed by atoms with Crippen molar-refractivity contribution in [1.29, 1.82) is 0 Å². The van der Waals surface area contributed by atoms with E-state index in [4.69, 9.17) is 4.74 Å².